The normalized spacial score (nSPS) is 17.3. The molecule has 0 unspecified atom stereocenters. The highest BCUT2D eigenvalue weighted by molar-refractivity contribution is 7.89. The third-order valence-electron chi connectivity index (χ3n) is 3.38. The smallest absolute Gasteiger partial charge is 0.240 e. The van der Waals surface area contributed by atoms with Crippen molar-refractivity contribution in [2.24, 2.45) is 0 Å². The van der Waals surface area contributed by atoms with E-state index in [2.05, 4.69) is 14.9 Å². The molecule has 0 bridgehead atoms. The van der Waals surface area contributed by atoms with Crippen LogP contribution in [-0.2, 0) is 10.0 Å². The van der Waals surface area contributed by atoms with Gasteiger partial charge in [0.15, 0.2) is 0 Å². The predicted octanol–water partition coefficient (Wildman–Crippen LogP) is 0.832. The number of sulfonamides is 1. The monoisotopic (exact) mass is 317 g/mol. The van der Waals surface area contributed by atoms with E-state index in [-0.39, 0.29) is 4.90 Å². The van der Waals surface area contributed by atoms with E-state index in [1.807, 2.05) is 6.92 Å². The maximum absolute atomic E-state index is 12.1. The van der Waals surface area contributed by atoms with Crippen LogP contribution in [0.15, 0.2) is 23.1 Å². The molecule has 112 valence electrons. The Labute approximate surface area is 125 Å². The first-order valence-electron chi connectivity index (χ1n) is 6.68. The summed E-state index contributed by atoms with van der Waals surface area (Å²) in [6.07, 6.45) is 0. The Hall–Kier alpha value is -0.660. The van der Waals surface area contributed by atoms with Crippen LogP contribution in [0.25, 0.3) is 0 Å². The first-order chi connectivity index (χ1) is 9.49. The van der Waals surface area contributed by atoms with Crippen molar-refractivity contribution in [1.82, 2.24) is 14.9 Å². The van der Waals surface area contributed by atoms with Gasteiger partial charge in [-0.05, 0) is 24.6 Å². The summed E-state index contributed by atoms with van der Waals surface area (Å²) in [5.41, 5.74) is 0.867. The van der Waals surface area contributed by atoms with E-state index < -0.39 is 10.0 Å². The van der Waals surface area contributed by atoms with Crippen LogP contribution in [0, 0.1) is 6.92 Å². The van der Waals surface area contributed by atoms with Gasteiger partial charge in [0.2, 0.25) is 10.0 Å². The van der Waals surface area contributed by atoms with Crippen molar-refractivity contribution < 1.29 is 8.42 Å². The molecule has 0 spiro atoms. The van der Waals surface area contributed by atoms with Crippen molar-refractivity contribution in [1.29, 1.82) is 0 Å². The molecule has 1 heterocycles. The molecule has 1 aliphatic rings. The lowest BCUT2D eigenvalue weighted by atomic mass is 10.2. The minimum Gasteiger partial charge on any atom is -0.314 e. The van der Waals surface area contributed by atoms with Crippen molar-refractivity contribution in [2.75, 3.05) is 39.3 Å². The number of piperazine rings is 1. The number of nitrogens with one attached hydrogen (secondary N) is 2. The first kappa shape index (κ1) is 15.7. The van der Waals surface area contributed by atoms with E-state index in [0.717, 1.165) is 38.3 Å². The lowest BCUT2D eigenvalue weighted by molar-refractivity contribution is 0.245. The average molecular weight is 318 g/mol. The molecule has 0 radical (unpaired) electrons. The van der Waals surface area contributed by atoms with Crippen molar-refractivity contribution >= 4 is 21.6 Å². The topological polar surface area (TPSA) is 61.4 Å². The quantitative estimate of drug-likeness (QED) is 0.844. The Morgan fingerprint density at radius 3 is 2.70 bits per heavy atom. The van der Waals surface area contributed by atoms with E-state index in [1.165, 1.54) is 6.07 Å². The van der Waals surface area contributed by atoms with Gasteiger partial charge in [-0.1, -0.05) is 17.7 Å². The molecule has 0 aromatic heterocycles. The van der Waals surface area contributed by atoms with Gasteiger partial charge in [-0.15, -0.1) is 0 Å². The minimum atomic E-state index is -3.48. The zero-order valence-electron chi connectivity index (χ0n) is 11.5. The van der Waals surface area contributed by atoms with E-state index >= 15 is 0 Å². The molecule has 2 N–H and O–H groups in total. The van der Waals surface area contributed by atoms with Crippen LogP contribution in [-0.4, -0.2) is 52.6 Å². The third-order valence-corrected chi connectivity index (χ3v) is 5.25. The van der Waals surface area contributed by atoms with Crippen molar-refractivity contribution in [3.05, 3.63) is 28.8 Å². The van der Waals surface area contributed by atoms with Gasteiger partial charge < -0.3 is 5.32 Å². The van der Waals surface area contributed by atoms with E-state index in [9.17, 15) is 8.42 Å². The summed E-state index contributed by atoms with van der Waals surface area (Å²) in [6, 6.07) is 4.78. The molecular weight excluding hydrogens is 298 g/mol. The standard InChI is InChI=1S/C13H20ClN3O2S/c1-11-2-3-12(10-13(11)14)20(18,19)16-6-9-17-7-4-15-5-8-17/h2-3,10,15-16H,4-9H2,1H3. The summed E-state index contributed by atoms with van der Waals surface area (Å²) < 4.78 is 26.9. The van der Waals surface area contributed by atoms with E-state index in [0.29, 0.717) is 11.6 Å². The Kier molecular flexibility index (Phi) is 5.40. The molecule has 1 aromatic carbocycles. The summed E-state index contributed by atoms with van der Waals surface area (Å²) in [4.78, 5) is 2.45. The summed E-state index contributed by atoms with van der Waals surface area (Å²) >= 11 is 5.97. The largest absolute Gasteiger partial charge is 0.314 e. The lowest BCUT2D eigenvalue weighted by Crippen LogP contribution is -2.46. The molecule has 0 atom stereocenters. The molecule has 0 aliphatic carbocycles. The molecule has 5 nitrogen and oxygen atoms in total. The van der Waals surface area contributed by atoms with Crippen LogP contribution in [0.5, 0.6) is 0 Å². The maximum Gasteiger partial charge on any atom is 0.240 e. The number of aryl methyl sites for hydroxylation is 1. The number of halogens is 1. The summed E-state index contributed by atoms with van der Waals surface area (Å²) in [5, 5.41) is 3.73. The number of hydrogen-bond acceptors (Lipinski definition) is 4. The summed E-state index contributed by atoms with van der Waals surface area (Å²) in [6.45, 7) is 6.81. The van der Waals surface area contributed by atoms with Crippen molar-refractivity contribution in [3.63, 3.8) is 0 Å². The molecule has 1 aromatic rings. The molecule has 7 heteroatoms. The number of benzene rings is 1. The molecule has 2 rings (SSSR count). The zero-order chi connectivity index (χ0) is 14.6. The van der Waals surface area contributed by atoms with Crippen LogP contribution in [0.3, 0.4) is 0 Å². The van der Waals surface area contributed by atoms with Crippen molar-refractivity contribution in [2.45, 2.75) is 11.8 Å². The van der Waals surface area contributed by atoms with Gasteiger partial charge in [0, 0.05) is 44.3 Å². The van der Waals surface area contributed by atoms with Gasteiger partial charge in [0.1, 0.15) is 0 Å². The van der Waals surface area contributed by atoms with Gasteiger partial charge >= 0.3 is 0 Å². The fourth-order valence-corrected chi connectivity index (χ4v) is 3.39. The number of rotatable bonds is 5. The lowest BCUT2D eigenvalue weighted by Gasteiger charge is -2.27. The first-order valence-corrected chi connectivity index (χ1v) is 8.54. The molecular formula is C13H20ClN3O2S. The minimum absolute atomic E-state index is 0.216. The van der Waals surface area contributed by atoms with Gasteiger partial charge in [-0.3, -0.25) is 4.90 Å². The van der Waals surface area contributed by atoms with Gasteiger partial charge in [0.25, 0.3) is 0 Å². The summed E-state index contributed by atoms with van der Waals surface area (Å²) in [5.74, 6) is 0. The molecule has 0 saturated carbocycles. The zero-order valence-corrected chi connectivity index (χ0v) is 13.1. The van der Waals surface area contributed by atoms with Gasteiger partial charge in [-0.2, -0.15) is 0 Å². The second-order valence-electron chi connectivity index (χ2n) is 4.90. The number of nitrogens with zero attached hydrogens (tertiary/aromatic N) is 1. The Balaban J connectivity index is 1.91. The second-order valence-corrected chi connectivity index (χ2v) is 7.07. The SMILES string of the molecule is Cc1ccc(S(=O)(=O)NCCN2CCNCC2)cc1Cl. The molecule has 0 amide bonds. The van der Waals surface area contributed by atoms with Gasteiger partial charge in [0.05, 0.1) is 4.90 Å². The maximum atomic E-state index is 12.1. The molecule has 1 saturated heterocycles. The van der Waals surface area contributed by atoms with Gasteiger partial charge in [-0.25, -0.2) is 13.1 Å². The van der Waals surface area contributed by atoms with Crippen LogP contribution in [0.4, 0.5) is 0 Å². The molecule has 1 aliphatic heterocycles. The summed E-state index contributed by atoms with van der Waals surface area (Å²) in [7, 11) is -3.48. The van der Waals surface area contributed by atoms with Crippen molar-refractivity contribution in [3.8, 4) is 0 Å². The highest BCUT2D eigenvalue weighted by Crippen LogP contribution is 2.19. The highest BCUT2D eigenvalue weighted by Gasteiger charge is 2.16. The van der Waals surface area contributed by atoms with E-state index in [4.69, 9.17) is 11.6 Å². The van der Waals surface area contributed by atoms with Crippen LogP contribution < -0.4 is 10.0 Å². The van der Waals surface area contributed by atoms with Crippen LogP contribution in [0.2, 0.25) is 5.02 Å². The van der Waals surface area contributed by atoms with Crippen LogP contribution >= 0.6 is 11.6 Å². The average Bonchev–Trinajstić information content (AvgIpc) is 2.43. The third kappa shape index (κ3) is 4.17. The second kappa shape index (κ2) is 6.87. The fourth-order valence-electron chi connectivity index (χ4n) is 2.10. The highest BCUT2D eigenvalue weighted by atomic mass is 35.5. The van der Waals surface area contributed by atoms with E-state index in [1.54, 1.807) is 12.1 Å². The Bertz CT molecular complexity index is 557. The molecule has 1 fully saturated rings. The number of hydrogen-bond donors (Lipinski definition) is 2. The fraction of sp³-hybridized carbons (Fsp3) is 0.538. The Morgan fingerprint density at radius 1 is 1.35 bits per heavy atom. The molecule has 20 heavy (non-hydrogen) atoms. The van der Waals surface area contributed by atoms with Crippen LogP contribution in [0.1, 0.15) is 5.56 Å². The Morgan fingerprint density at radius 2 is 2.05 bits per heavy atom. The predicted molar refractivity (Wildman–Crippen MR) is 80.7 cm³/mol.